The molecule has 1 aliphatic rings. The topological polar surface area (TPSA) is 49.9 Å². The van der Waals surface area contributed by atoms with Crippen LogP contribution in [-0.2, 0) is 9.59 Å². The van der Waals surface area contributed by atoms with Crippen LogP contribution in [0, 0.1) is 0 Å². The fourth-order valence-electron chi connectivity index (χ4n) is 2.80. The van der Waals surface area contributed by atoms with Crippen molar-refractivity contribution >= 4 is 11.8 Å². The molecule has 1 fully saturated rings. The highest BCUT2D eigenvalue weighted by molar-refractivity contribution is 5.81. The van der Waals surface area contributed by atoms with Crippen LogP contribution in [0.2, 0.25) is 0 Å². The number of para-hydroxylation sites is 1. The van der Waals surface area contributed by atoms with Crippen molar-refractivity contribution < 1.29 is 14.3 Å². The highest BCUT2D eigenvalue weighted by atomic mass is 16.5. The lowest BCUT2D eigenvalue weighted by Gasteiger charge is -2.35. The lowest BCUT2D eigenvalue weighted by Crippen LogP contribution is -2.52. The Morgan fingerprint density at radius 2 is 1.57 bits per heavy atom. The van der Waals surface area contributed by atoms with Gasteiger partial charge in [-0.1, -0.05) is 32.0 Å². The minimum absolute atomic E-state index is 0.0215. The highest BCUT2D eigenvalue weighted by Crippen LogP contribution is 2.27. The maximum Gasteiger partial charge on any atom is 0.263 e. The minimum Gasteiger partial charge on any atom is -0.481 e. The molecule has 1 heterocycles. The summed E-state index contributed by atoms with van der Waals surface area (Å²) in [4.78, 5) is 27.5. The summed E-state index contributed by atoms with van der Waals surface area (Å²) in [6.07, 6.45) is -0.529. The van der Waals surface area contributed by atoms with Crippen molar-refractivity contribution in [3.8, 4) is 5.75 Å². The zero-order valence-electron chi connectivity index (χ0n) is 14.4. The molecule has 1 aromatic rings. The van der Waals surface area contributed by atoms with E-state index >= 15 is 0 Å². The molecule has 1 aliphatic heterocycles. The summed E-state index contributed by atoms with van der Waals surface area (Å²) in [6.45, 7) is 9.89. The van der Waals surface area contributed by atoms with Gasteiger partial charge in [0.1, 0.15) is 5.75 Å². The fraction of sp³-hybridized carbons (Fsp3) is 0.556. The summed E-state index contributed by atoms with van der Waals surface area (Å²) < 4.78 is 5.92. The van der Waals surface area contributed by atoms with E-state index in [-0.39, 0.29) is 11.8 Å². The van der Waals surface area contributed by atoms with E-state index in [4.69, 9.17) is 4.74 Å². The summed E-state index contributed by atoms with van der Waals surface area (Å²) in [5.41, 5.74) is 1.11. The smallest absolute Gasteiger partial charge is 0.263 e. The van der Waals surface area contributed by atoms with Crippen molar-refractivity contribution in [2.24, 2.45) is 0 Å². The van der Waals surface area contributed by atoms with E-state index in [1.54, 1.807) is 23.6 Å². The molecule has 0 bridgehead atoms. The number of nitrogens with zero attached hydrogens (tertiary/aromatic N) is 2. The Morgan fingerprint density at radius 3 is 2.13 bits per heavy atom. The number of piperazine rings is 1. The maximum absolute atomic E-state index is 12.6. The van der Waals surface area contributed by atoms with Crippen LogP contribution in [-0.4, -0.2) is 53.9 Å². The van der Waals surface area contributed by atoms with E-state index < -0.39 is 6.10 Å². The molecule has 0 radical (unpaired) electrons. The van der Waals surface area contributed by atoms with E-state index in [1.165, 1.54) is 0 Å². The number of benzene rings is 1. The largest absolute Gasteiger partial charge is 0.481 e. The fourth-order valence-corrected chi connectivity index (χ4v) is 2.80. The number of hydrogen-bond acceptors (Lipinski definition) is 3. The quantitative estimate of drug-likeness (QED) is 0.856. The van der Waals surface area contributed by atoms with Crippen molar-refractivity contribution in [2.75, 3.05) is 26.2 Å². The minimum atomic E-state index is -0.529. The van der Waals surface area contributed by atoms with E-state index in [1.807, 2.05) is 24.3 Å². The SMILES string of the molecule is CC(=O)N1CCN(C(=O)C(C)Oc2ccccc2C(C)C)CC1. The van der Waals surface area contributed by atoms with Gasteiger partial charge in [0.05, 0.1) is 0 Å². The predicted molar refractivity (Wildman–Crippen MR) is 89.5 cm³/mol. The molecular formula is C18H26N2O3. The van der Waals surface area contributed by atoms with E-state index in [0.29, 0.717) is 32.1 Å². The summed E-state index contributed by atoms with van der Waals surface area (Å²) in [6, 6.07) is 7.84. The second kappa shape index (κ2) is 7.49. The Morgan fingerprint density at radius 1 is 1.00 bits per heavy atom. The van der Waals surface area contributed by atoms with Gasteiger partial charge in [0.2, 0.25) is 5.91 Å². The molecule has 1 aromatic carbocycles. The van der Waals surface area contributed by atoms with Gasteiger partial charge in [-0.25, -0.2) is 0 Å². The van der Waals surface area contributed by atoms with Crippen LogP contribution in [0.3, 0.4) is 0 Å². The number of carbonyl (C=O) groups excluding carboxylic acids is 2. The van der Waals surface area contributed by atoms with E-state index in [2.05, 4.69) is 13.8 Å². The Hall–Kier alpha value is -2.04. The van der Waals surface area contributed by atoms with Gasteiger partial charge in [0, 0.05) is 33.1 Å². The molecule has 0 spiro atoms. The molecule has 126 valence electrons. The predicted octanol–water partition coefficient (Wildman–Crippen LogP) is 2.27. The van der Waals surface area contributed by atoms with Gasteiger partial charge in [-0.15, -0.1) is 0 Å². The van der Waals surface area contributed by atoms with Crippen LogP contribution in [0.15, 0.2) is 24.3 Å². The average Bonchev–Trinajstić information content (AvgIpc) is 2.54. The number of amides is 2. The van der Waals surface area contributed by atoms with Gasteiger partial charge >= 0.3 is 0 Å². The molecule has 5 nitrogen and oxygen atoms in total. The second-order valence-electron chi connectivity index (χ2n) is 6.28. The molecule has 2 rings (SSSR count). The van der Waals surface area contributed by atoms with Gasteiger partial charge in [0.25, 0.3) is 5.91 Å². The van der Waals surface area contributed by atoms with Crippen LogP contribution in [0.25, 0.3) is 0 Å². The molecule has 2 amide bonds. The Labute approximate surface area is 138 Å². The zero-order chi connectivity index (χ0) is 17.0. The molecule has 1 unspecified atom stereocenters. The number of rotatable bonds is 4. The van der Waals surface area contributed by atoms with Crippen LogP contribution in [0.4, 0.5) is 0 Å². The summed E-state index contributed by atoms with van der Waals surface area (Å²) in [5, 5.41) is 0. The van der Waals surface area contributed by atoms with Crippen LogP contribution >= 0.6 is 0 Å². The molecule has 1 atom stereocenters. The summed E-state index contributed by atoms with van der Waals surface area (Å²) in [7, 11) is 0. The third-order valence-electron chi connectivity index (χ3n) is 4.23. The summed E-state index contributed by atoms with van der Waals surface area (Å²) in [5.74, 6) is 1.15. The zero-order valence-corrected chi connectivity index (χ0v) is 14.4. The maximum atomic E-state index is 12.6. The highest BCUT2D eigenvalue weighted by Gasteiger charge is 2.27. The first-order chi connectivity index (χ1) is 10.9. The van der Waals surface area contributed by atoms with Gasteiger partial charge in [-0.05, 0) is 24.5 Å². The van der Waals surface area contributed by atoms with E-state index in [0.717, 1.165) is 11.3 Å². The molecule has 0 N–H and O–H groups in total. The Kier molecular flexibility index (Phi) is 5.64. The molecule has 5 heteroatoms. The first-order valence-electron chi connectivity index (χ1n) is 8.20. The molecule has 0 aliphatic carbocycles. The van der Waals surface area contributed by atoms with Gasteiger partial charge in [-0.3, -0.25) is 9.59 Å². The lowest BCUT2D eigenvalue weighted by molar-refractivity contribution is -0.143. The van der Waals surface area contributed by atoms with Gasteiger partial charge < -0.3 is 14.5 Å². The van der Waals surface area contributed by atoms with Crippen molar-refractivity contribution in [1.82, 2.24) is 9.80 Å². The second-order valence-corrected chi connectivity index (χ2v) is 6.28. The molecule has 1 saturated heterocycles. The number of carbonyl (C=O) groups is 2. The van der Waals surface area contributed by atoms with Crippen LogP contribution in [0.5, 0.6) is 5.75 Å². The molecular weight excluding hydrogens is 292 g/mol. The van der Waals surface area contributed by atoms with Crippen molar-refractivity contribution in [1.29, 1.82) is 0 Å². The van der Waals surface area contributed by atoms with Gasteiger partial charge in [-0.2, -0.15) is 0 Å². The molecule has 0 saturated carbocycles. The van der Waals surface area contributed by atoms with Crippen molar-refractivity contribution in [2.45, 2.75) is 39.7 Å². The van der Waals surface area contributed by atoms with E-state index in [9.17, 15) is 9.59 Å². The first-order valence-corrected chi connectivity index (χ1v) is 8.20. The molecule has 0 aromatic heterocycles. The Bertz CT molecular complexity index is 563. The number of hydrogen-bond donors (Lipinski definition) is 0. The van der Waals surface area contributed by atoms with Crippen LogP contribution in [0.1, 0.15) is 39.2 Å². The van der Waals surface area contributed by atoms with Crippen LogP contribution < -0.4 is 4.74 Å². The monoisotopic (exact) mass is 318 g/mol. The lowest BCUT2D eigenvalue weighted by atomic mass is 10.0. The Balaban J connectivity index is 1.97. The van der Waals surface area contributed by atoms with Crippen molar-refractivity contribution in [3.05, 3.63) is 29.8 Å². The average molecular weight is 318 g/mol. The first kappa shape index (κ1) is 17.3. The standard InChI is InChI=1S/C18H26N2O3/c1-13(2)16-7-5-6-8-17(16)23-14(3)18(22)20-11-9-19(10-12-20)15(4)21/h5-8,13-14H,9-12H2,1-4H3. The third-order valence-corrected chi connectivity index (χ3v) is 4.23. The third kappa shape index (κ3) is 4.24. The molecule has 23 heavy (non-hydrogen) atoms. The number of ether oxygens (including phenoxy) is 1. The normalized spacial score (nSPS) is 16.4. The summed E-state index contributed by atoms with van der Waals surface area (Å²) >= 11 is 0. The van der Waals surface area contributed by atoms with Crippen molar-refractivity contribution in [3.63, 3.8) is 0 Å². The van der Waals surface area contributed by atoms with Gasteiger partial charge in [0.15, 0.2) is 6.10 Å².